The van der Waals surface area contributed by atoms with E-state index in [4.69, 9.17) is 4.74 Å². The number of rotatable bonds is 1. The Morgan fingerprint density at radius 3 is 2.80 bits per heavy atom. The summed E-state index contributed by atoms with van der Waals surface area (Å²) in [5, 5.41) is 10.7. The van der Waals surface area contributed by atoms with Crippen molar-refractivity contribution in [2.24, 2.45) is 0 Å². The maximum absolute atomic E-state index is 11.7. The van der Waals surface area contributed by atoms with Crippen LogP contribution in [0.4, 0.5) is 0 Å². The van der Waals surface area contributed by atoms with Gasteiger partial charge in [-0.2, -0.15) is 0 Å². The minimum Gasteiger partial charge on any atom is -0.381 e. The molecule has 1 spiro atoms. The molecule has 3 nitrogen and oxygen atoms in total. The van der Waals surface area contributed by atoms with Crippen molar-refractivity contribution < 1.29 is 14.6 Å². The number of epoxide rings is 1. The minimum atomic E-state index is -1.17. The molecule has 3 unspecified atom stereocenters. The summed E-state index contributed by atoms with van der Waals surface area (Å²) in [6.45, 7) is 4.25. The van der Waals surface area contributed by atoms with Crippen molar-refractivity contribution >= 4 is 21.7 Å². The number of carbonyl (C=O) groups is 1. The third-order valence-electron chi connectivity index (χ3n) is 3.65. The smallest absolute Gasteiger partial charge is 0.149 e. The van der Waals surface area contributed by atoms with Crippen LogP contribution in [-0.4, -0.2) is 33.5 Å². The van der Waals surface area contributed by atoms with Gasteiger partial charge in [0.15, 0.2) is 0 Å². The van der Waals surface area contributed by atoms with Gasteiger partial charge in [0.25, 0.3) is 0 Å². The Bertz CT molecular complexity index is 333. The first kappa shape index (κ1) is 11.3. The third-order valence-corrected chi connectivity index (χ3v) is 4.82. The van der Waals surface area contributed by atoms with Gasteiger partial charge in [-0.1, -0.05) is 22.0 Å². The highest BCUT2D eigenvalue weighted by Crippen LogP contribution is 2.52. The van der Waals surface area contributed by atoms with Crippen molar-refractivity contribution in [1.29, 1.82) is 0 Å². The zero-order chi connectivity index (χ0) is 11.3. The Kier molecular flexibility index (Phi) is 2.56. The Labute approximate surface area is 97.6 Å². The summed E-state index contributed by atoms with van der Waals surface area (Å²) >= 11 is 3.31. The molecule has 0 bridgehead atoms. The Balaban J connectivity index is 2.43. The van der Waals surface area contributed by atoms with E-state index >= 15 is 0 Å². The van der Waals surface area contributed by atoms with E-state index < -0.39 is 16.0 Å². The first-order chi connectivity index (χ1) is 6.98. The van der Waals surface area contributed by atoms with Gasteiger partial charge in [0.05, 0.1) is 6.61 Å². The molecule has 4 heteroatoms. The van der Waals surface area contributed by atoms with Gasteiger partial charge in [-0.15, -0.1) is 0 Å². The molecule has 0 aromatic heterocycles. The van der Waals surface area contributed by atoms with E-state index in [2.05, 4.69) is 15.9 Å². The van der Waals surface area contributed by atoms with Crippen molar-refractivity contribution in [3.05, 3.63) is 11.6 Å². The van der Waals surface area contributed by atoms with Crippen LogP contribution in [0, 0.1) is 0 Å². The summed E-state index contributed by atoms with van der Waals surface area (Å²) in [6, 6.07) is 0. The Morgan fingerprint density at radius 1 is 1.73 bits per heavy atom. The molecule has 1 heterocycles. The van der Waals surface area contributed by atoms with Gasteiger partial charge in [-0.25, -0.2) is 0 Å². The highest BCUT2D eigenvalue weighted by atomic mass is 79.9. The van der Waals surface area contributed by atoms with Gasteiger partial charge in [0.1, 0.15) is 21.8 Å². The molecule has 2 aliphatic rings. The second-order valence-electron chi connectivity index (χ2n) is 4.35. The fraction of sp³-hybridized carbons (Fsp3) is 0.727. The van der Waals surface area contributed by atoms with Crippen molar-refractivity contribution in [3.63, 3.8) is 0 Å². The molecule has 15 heavy (non-hydrogen) atoms. The van der Waals surface area contributed by atoms with Crippen molar-refractivity contribution in [2.45, 2.75) is 42.7 Å². The van der Waals surface area contributed by atoms with Crippen LogP contribution < -0.4 is 0 Å². The molecule has 0 aromatic carbocycles. The van der Waals surface area contributed by atoms with Gasteiger partial charge >= 0.3 is 0 Å². The summed E-state index contributed by atoms with van der Waals surface area (Å²) in [7, 11) is 0. The van der Waals surface area contributed by atoms with E-state index in [1.807, 2.05) is 19.9 Å². The summed E-state index contributed by atoms with van der Waals surface area (Å²) in [4.78, 5) is 11.1. The van der Waals surface area contributed by atoms with E-state index in [0.717, 1.165) is 5.57 Å². The van der Waals surface area contributed by atoms with Crippen LogP contribution in [0.15, 0.2) is 11.6 Å². The molecule has 84 valence electrons. The quantitative estimate of drug-likeness (QED) is 0.449. The van der Waals surface area contributed by atoms with Gasteiger partial charge in [-0.3, -0.25) is 4.79 Å². The molecular formula is C11H15BrO3. The van der Waals surface area contributed by atoms with Crippen LogP contribution in [0.1, 0.15) is 26.7 Å². The Hall–Kier alpha value is -0.190. The number of hydrogen-bond acceptors (Lipinski definition) is 3. The maximum atomic E-state index is 11.7. The topological polar surface area (TPSA) is 49.8 Å². The number of aliphatic hydroxyl groups is 1. The molecule has 3 atom stereocenters. The lowest BCUT2D eigenvalue weighted by Crippen LogP contribution is -2.59. The van der Waals surface area contributed by atoms with E-state index in [1.165, 1.54) is 0 Å². The Morgan fingerprint density at radius 2 is 2.33 bits per heavy atom. The number of ketones is 1. The predicted molar refractivity (Wildman–Crippen MR) is 60.0 cm³/mol. The fourth-order valence-corrected chi connectivity index (χ4v) is 3.34. The number of allylic oxidation sites excluding steroid dienone is 1. The van der Waals surface area contributed by atoms with Gasteiger partial charge in [0.2, 0.25) is 0 Å². The normalized spacial score (nSPS) is 46.0. The zero-order valence-corrected chi connectivity index (χ0v) is 10.5. The molecule has 0 aromatic rings. The van der Waals surface area contributed by atoms with E-state index in [9.17, 15) is 9.90 Å². The lowest BCUT2D eigenvalue weighted by Gasteiger charge is -2.42. The number of ether oxygens (including phenoxy) is 1. The van der Waals surface area contributed by atoms with E-state index in [-0.39, 0.29) is 5.78 Å². The summed E-state index contributed by atoms with van der Waals surface area (Å²) < 4.78 is 5.42. The molecule has 1 aliphatic heterocycles. The van der Waals surface area contributed by atoms with Crippen LogP contribution in [0.5, 0.6) is 0 Å². The largest absolute Gasteiger partial charge is 0.381 e. The summed E-state index contributed by atoms with van der Waals surface area (Å²) in [5.74, 6) is 0.0554. The van der Waals surface area contributed by atoms with Crippen LogP contribution in [0.25, 0.3) is 0 Å². The molecule has 2 fully saturated rings. The predicted octanol–water partition coefficient (Wildman–Crippen LogP) is 1.58. The summed E-state index contributed by atoms with van der Waals surface area (Å²) in [5.41, 5.74) is -0.891. The molecular weight excluding hydrogens is 260 g/mol. The van der Waals surface area contributed by atoms with Crippen LogP contribution >= 0.6 is 15.9 Å². The molecule has 0 radical (unpaired) electrons. The average Bonchev–Trinajstić information content (AvgIpc) is 3.01. The fourth-order valence-electron chi connectivity index (χ4n) is 2.34. The third kappa shape index (κ3) is 1.35. The SMILES string of the molecule is C/C=C(/C)C1(O)C(Br)C(=O)CCC12CO2. The molecule has 1 aliphatic carbocycles. The first-order valence-electron chi connectivity index (χ1n) is 5.14. The van der Waals surface area contributed by atoms with E-state index in [1.54, 1.807) is 0 Å². The summed E-state index contributed by atoms with van der Waals surface area (Å²) in [6.07, 6.45) is 2.95. The highest BCUT2D eigenvalue weighted by molar-refractivity contribution is 9.10. The minimum absolute atomic E-state index is 0.0554. The number of alkyl halides is 1. The number of Topliss-reactive ketones (excluding diaryl/α,β-unsaturated/α-hetero) is 1. The molecule has 1 saturated heterocycles. The van der Waals surface area contributed by atoms with Crippen LogP contribution in [0.2, 0.25) is 0 Å². The van der Waals surface area contributed by atoms with E-state index in [0.29, 0.717) is 19.4 Å². The van der Waals surface area contributed by atoms with Crippen molar-refractivity contribution in [2.75, 3.05) is 6.61 Å². The number of halogens is 1. The van der Waals surface area contributed by atoms with Gasteiger partial charge in [-0.05, 0) is 25.8 Å². The monoisotopic (exact) mass is 274 g/mol. The average molecular weight is 275 g/mol. The highest BCUT2D eigenvalue weighted by Gasteiger charge is 2.67. The van der Waals surface area contributed by atoms with Crippen LogP contribution in [-0.2, 0) is 9.53 Å². The van der Waals surface area contributed by atoms with Gasteiger partial charge < -0.3 is 9.84 Å². The van der Waals surface area contributed by atoms with Crippen LogP contribution in [0.3, 0.4) is 0 Å². The van der Waals surface area contributed by atoms with Crippen molar-refractivity contribution in [3.8, 4) is 0 Å². The number of hydrogen-bond donors (Lipinski definition) is 1. The second-order valence-corrected chi connectivity index (χ2v) is 5.27. The molecule has 1 saturated carbocycles. The lowest BCUT2D eigenvalue weighted by atomic mass is 9.71. The molecule has 0 amide bonds. The second kappa shape index (κ2) is 3.40. The molecule has 2 rings (SSSR count). The lowest BCUT2D eigenvalue weighted by molar-refractivity contribution is -0.129. The standard InChI is InChI=1S/C11H15BrO3/c1-3-7(2)11(14)9(12)8(13)4-5-10(11)6-15-10/h3,9,14H,4-6H2,1-2H3/b7-3-. The zero-order valence-electron chi connectivity index (χ0n) is 8.92. The number of carbonyl (C=O) groups excluding carboxylic acids is 1. The van der Waals surface area contributed by atoms with Gasteiger partial charge in [0, 0.05) is 6.42 Å². The maximum Gasteiger partial charge on any atom is 0.149 e. The molecule has 1 N–H and O–H groups in total. The first-order valence-corrected chi connectivity index (χ1v) is 6.06. The van der Waals surface area contributed by atoms with Crippen molar-refractivity contribution in [1.82, 2.24) is 0 Å².